The monoisotopic (exact) mass is 265 g/mol. The van der Waals surface area contributed by atoms with Gasteiger partial charge in [-0.3, -0.25) is 14.5 Å². The van der Waals surface area contributed by atoms with Gasteiger partial charge in [0.15, 0.2) is 0 Å². The molecular weight excluding hydrogens is 253 g/mol. The number of imide groups is 1. The van der Waals surface area contributed by atoms with Crippen LogP contribution in [0.3, 0.4) is 0 Å². The van der Waals surface area contributed by atoms with Crippen LogP contribution >= 0.6 is 0 Å². The second-order valence-corrected chi connectivity index (χ2v) is 5.06. The lowest BCUT2D eigenvalue weighted by atomic mass is 9.92. The first kappa shape index (κ1) is 13.2. The standard InChI is InChI=1S/C13H12FNO4/c1-13(2)6-10(16)15(12(13)19)7-3-4-9(14)8(5-7)11(17)18/h3-5H,6H2,1-2H3,(H,17,18). The smallest absolute Gasteiger partial charge is 0.338 e. The van der Waals surface area contributed by atoms with E-state index in [0.717, 1.165) is 17.0 Å². The van der Waals surface area contributed by atoms with Crippen molar-refractivity contribution < 1.29 is 23.9 Å². The summed E-state index contributed by atoms with van der Waals surface area (Å²) in [6, 6.07) is 3.15. The predicted octanol–water partition coefficient (Wildman–Crippen LogP) is 1.81. The van der Waals surface area contributed by atoms with Gasteiger partial charge >= 0.3 is 5.97 Å². The Kier molecular flexibility index (Phi) is 2.88. The van der Waals surface area contributed by atoms with Crippen molar-refractivity contribution in [2.24, 2.45) is 5.41 Å². The molecule has 100 valence electrons. The summed E-state index contributed by atoms with van der Waals surface area (Å²) in [6.07, 6.45) is 0.0472. The van der Waals surface area contributed by atoms with Crippen molar-refractivity contribution in [1.29, 1.82) is 0 Å². The molecule has 2 amide bonds. The van der Waals surface area contributed by atoms with Gasteiger partial charge in [0.25, 0.3) is 0 Å². The van der Waals surface area contributed by atoms with E-state index in [4.69, 9.17) is 5.11 Å². The maximum Gasteiger partial charge on any atom is 0.338 e. The van der Waals surface area contributed by atoms with E-state index in [1.807, 2.05) is 0 Å². The molecule has 5 nitrogen and oxygen atoms in total. The van der Waals surface area contributed by atoms with Crippen molar-refractivity contribution in [3.63, 3.8) is 0 Å². The summed E-state index contributed by atoms with van der Waals surface area (Å²) in [7, 11) is 0. The van der Waals surface area contributed by atoms with Crippen LogP contribution in [0.1, 0.15) is 30.6 Å². The molecule has 1 saturated heterocycles. The average Bonchev–Trinajstić information content (AvgIpc) is 2.49. The quantitative estimate of drug-likeness (QED) is 0.827. The van der Waals surface area contributed by atoms with Gasteiger partial charge in [0, 0.05) is 6.42 Å². The number of anilines is 1. The number of amides is 2. The molecule has 2 rings (SSSR count). The molecule has 0 unspecified atom stereocenters. The summed E-state index contributed by atoms with van der Waals surface area (Å²) in [4.78, 5) is 35.7. The summed E-state index contributed by atoms with van der Waals surface area (Å²) in [5.74, 6) is -3.19. The third-order valence-electron chi connectivity index (χ3n) is 3.06. The van der Waals surface area contributed by atoms with E-state index >= 15 is 0 Å². The molecule has 1 heterocycles. The topological polar surface area (TPSA) is 74.7 Å². The number of rotatable bonds is 2. The molecule has 0 bridgehead atoms. The number of nitrogens with zero attached hydrogens (tertiary/aromatic N) is 1. The summed E-state index contributed by atoms with van der Waals surface area (Å²) < 4.78 is 13.3. The molecule has 6 heteroatoms. The molecule has 1 fully saturated rings. The normalized spacial score (nSPS) is 17.9. The van der Waals surface area contributed by atoms with Crippen molar-refractivity contribution >= 4 is 23.5 Å². The zero-order valence-electron chi connectivity index (χ0n) is 10.4. The number of carboxylic acid groups (broad SMARTS) is 1. The molecular formula is C13H12FNO4. The third-order valence-corrected chi connectivity index (χ3v) is 3.06. The number of carbonyl (C=O) groups is 3. The van der Waals surface area contributed by atoms with Gasteiger partial charge in [-0.15, -0.1) is 0 Å². The third kappa shape index (κ3) is 2.09. The lowest BCUT2D eigenvalue weighted by molar-refractivity contribution is -0.124. The van der Waals surface area contributed by atoms with Gasteiger partial charge in [0.05, 0.1) is 16.7 Å². The van der Waals surface area contributed by atoms with Crippen LogP contribution in [-0.4, -0.2) is 22.9 Å². The van der Waals surface area contributed by atoms with E-state index in [2.05, 4.69) is 0 Å². The number of benzene rings is 1. The first-order chi connectivity index (χ1) is 8.74. The molecule has 0 spiro atoms. The molecule has 1 aromatic carbocycles. The molecule has 1 aliphatic heterocycles. The van der Waals surface area contributed by atoms with E-state index in [-0.39, 0.29) is 12.1 Å². The van der Waals surface area contributed by atoms with Gasteiger partial charge in [-0.05, 0) is 18.2 Å². The van der Waals surface area contributed by atoms with Crippen LogP contribution in [0, 0.1) is 11.2 Å². The Morgan fingerprint density at radius 1 is 1.37 bits per heavy atom. The van der Waals surface area contributed by atoms with Gasteiger partial charge in [-0.2, -0.15) is 0 Å². The van der Waals surface area contributed by atoms with Crippen molar-refractivity contribution in [1.82, 2.24) is 0 Å². The van der Waals surface area contributed by atoms with E-state index in [9.17, 15) is 18.8 Å². The SMILES string of the molecule is CC1(C)CC(=O)N(c2ccc(F)c(C(=O)O)c2)C1=O. The summed E-state index contributed by atoms with van der Waals surface area (Å²) in [6.45, 7) is 3.27. The molecule has 0 aliphatic carbocycles. The molecule has 0 aromatic heterocycles. The van der Waals surface area contributed by atoms with Crippen LogP contribution in [0.25, 0.3) is 0 Å². The second kappa shape index (κ2) is 4.15. The Balaban J connectivity index is 2.49. The van der Waals surface area contributed by atoms with Crippen molar-refractivity contribution in [3.05, 3.63) is 29.6 Å². The van der Waals surface area contributed by atoms with Crippen LogP contribution in [0.2, 0.25) is 0 Å². The number of hydrogen-bond donors (Lipinski definition) is 1. The number of carbonyl (C=O) groups excluding carboxylic acids is 2. The number of hydrogen-bond acceptors (Lipinski definition) is 3. The Morgan fingerprint density at radius 3 is 2.47 bits per heavy atom. The molecule has 0 saturated carbocycles. The van der Waals surface area contributed by atoms with Gasteiger partial charge < -0.3 is 5.11 Å². The fraction of sp³-hybridized carbons (Fsp3) is 0.308. The van der Waals surface area contributed by atoms with Crippen LogP contribution in [0.5, 0.6) is 0 Å². The van der Waals surface area contributed by atoms with E-state index in [0.29, 0.717) is 0 Å². The minimum Gasteiger partial charge on any atom is -0.478 e. The number of aromatic carboxylic acids is 1. The highest BCUT2D eigenvalue weighted by molar-refractivity contribution is 6.22. The van der Waals surface area contributed by atoms with Crippen LogP contribution < -0.4 is 4.90 Å². The highest BCUT2D eigenvalue weighted by Gasteiger charge is 2.45. The highest BCUT2D eigenvalue weighted by Crippen LogP contribution is 2.35. The molecule has 0 radical (unpaired) electrons. The molecule has 1 N–H and O–H groups in total. The average molecular weight is 265 g/mol. The van der Waals surface area contributed by atoms with Crippen molar-refractivity contribution in [2.75, 3.05) is 4.90 Å². The lowest BCUT2D eigenvalue weighted by Gasteiger charge is -2.18. The summed E-state index contributed by atoms with van der Waals surface area (Å²) in [5.41, 5.74) is -1.31. The largest absolute Gasteiger partial charge is 0.478 e. The van der Waals surface area contributed by atoms with E-state index < -0.39 is 34.6 Å². The van der Waals surface area contributed by atoms with Crippen molar-refractivity contribution in [2.45, 2.75) is 20.3 Å². The minimum absolute atomic E-state index is 0.0472. The summed E-state index contributed by atoms with van der Waals surface area (Å²) in [5, 5.41) is 8.84. The first-order valence-electron chi connectivity index (χ1n) is 5.64. The Hall–Kier alpha value is -2.24. The maximum absolute atomic E-state index is 13.3. The first-order valence-corrected chi connectivity index (χ1v) is 5.64. The summed E-state index contributed by atoms with van der Waals surface area (Å²) >= 11 is 0. The van der Waals surface area contributed by atoms with Gasteiger partial charge in [-0.1, -0.05) is 13.8 Å². The Bertz CT molecular complexity index is 594. The van der Waals surface area contributed by atoms with Crippen LogP contribution in [-0.2, 0) is 9.59 Å². The molecule has 0 atom stereocenters. The fourth-order valence-electron chi connectivity index (χ4n) is 2.03. The molecule has 1 aromatic rings. The number of halogens is 1. The Morgan fingerprint density at radius 2 is 2.00 bits per heavy atom. The predicted molar refractivity (Wildman–Crippen MR) is 64.3 cm³/mol. The van der Waals surface area contributed by atoms with Gasteiger partial charge in [0.2, 0.25) is 11.8 Å². The highest BCUT2D eigenvalue weighted by atomic mass is 19.1. The zero-order valence-corrected chi connectivity index (χ0v) is 10.4. The van der Waals surface area contributed by atoms with Gasteiger partial charge in [0.1, 0.15) is 5.82 Å². The Labute approximate surface area is 108 Å². The lowest BCUT2D eigenvalue weighted by Crippen LogP contribution is -2.33. The molecule has 19 heavy (non-hydrogen) atoms. The van der Waals surface area contributed by atoms with Gasteiger partial charge in [-0.25, -0.2) is 9.18 Å². The number of carboxylic acids is 1. The molecule has 1 aliphatic rings. The van der Waals surface area contributed by atoms with Crippen molar-refractivity contribution in [3.8, 4) is 0 Å². The minimum atomic E-state index is -1.45. The van der Waals surface area contributed by atoms with Crippen LogP contribution in [0.4, 0.5) is 10.1 Å². The zero-order chi connectivity index (χ0) is 14.4. The second-order valence-electron chi connectivity index (χ2n) is 5.06. The van der Waals surface area contributed by atoms with E-state index in [1.165, 1.54) is 6.07 Å². The maximum atomic E-state index is 13.3. The van der Waals surface area contributed by atoms with E-state index in [1.54, 1.807) is 13.8 Å². The van der Waals surface area contributed by atoms with Crippen LogP contribution in [0.15, 0.2) is 18.2 Å². The fourth-order valence-corrected chi connectivity index (χ4v) is 2.03.